The number of hydrogen-bond acceptors (Lipinski definition) is 4. The standard InChI is InChI=1S/C14H9F3N4O/c1-7-18-10(6-11(19-7)14(15,16)17)12-20-9-5-3-2-4-8(9)13(22)21-12/h2-6H,1H3,(H,20,21,22). The van der Waals surface area contributed by atoms with Crippen LogP contribution in [0.25, 0.3) is 22.4 Å². The molecule has 0 unspecified atom stereocenters. The van der Waals surface area contributed by atoms with Gasteiger partial charge in [0.1, 0.15) is 17.2 Å². The van der Waals surface area contributed by atoms with Gasteiger partial charge in [-0.15, -0.1) is 0 Å². The van der Waals surface area contributed by atoms with Gasteiger partial charge in [0.05, 0.1) is 10.9 Å². The Bertz CT molecular complexity index is 918. The van der Waals surface area contributed by atoms with Crippen LogP contribution in [0.4, 0.5) is 13.2 Å². The van der Waals surface area contributed by atoms with E-state index >= 15 is 0 Å². The minimum Gasteiger partial charge on any atom is -0.305 e. The molecule has 5 nitrogen and oxygen atoms in total. The Morgan fingerprint density at radius 1 is 1.09 bits per heavy atom. The van der Waals surface area contributed by atoms with E-state index in [-0.39, 0.29) is 17.3 Å². The van der Waals surface area contributed by atoms with Gasteiger partial charge >= 0.3 is 6.18 Å². The molecule has 2 aromatic heterocycles. The maximum Gasteiger partial charge on any atom is 0.433 e. The Kier molecular flexibility index (Phi) is 3.16. The summed E-state index contributed by atoms with van der Waals surface area (Å²) < 4.78 is 38.4. The number of halogens is 3. The maximum atomic E-state index is 12.8. The molecule has 0 radical (unpaired) electrons. The highest BCUT2D eigenvalue weighted by atomic mass is 19.4. The third kappa shape index (κ3) is 2.54. The molecule has 0 saturated carbocycles. The first-order chi connectivity index (χ1) is 10.3. The number of para-hydroxylation sites is 1. The lowest BCUT2D eigenvalue weighted by Gasteiger charge is -2.08. The second kappa shape index (κ2) is 4.90. The molecule has 1 N–H and O–H groups in total. The summed E-state index contributed by atoms with van der Waals surface area (Å²) in [6.45, 7) is 1.35. The SMILES string of the molecule is Cc1nc(-c2nc3ccccc3c(=O)[nH]2)cc(C(F)(F)F)n1. The highest BCUT2D eigenvalue weighted by Crippen LogP contribution is 2.29. The Morgan fingerprint density at radius 3 is 2.55 bits per heavy atom. The summed E-state index contributed by atoms with van der Waals surface area (Å²) in [5, 5.41) is 0.355. The second-order valence-electron chi connectivity index (χ2n) is 4.62. The molecule has 8 heteroatoms. The van der Waals surface area contributed by atoms with Crippen molar-refractivity contribution in [2.75, 3.05) is 0 Å². The summed E-state index contributed by atoms with van der Waals surface area (Å²) in [5.41, 5.74) is -1.22. The summed E-state index contributed by atoms with van der Waals surface area (Å²) in [4.78, 5) is 25.9. The molecule has 1 aromatic carbocycles. The molecule has 0 spiro atoms. The van der Waals surface area contributed by atoms with Crippen molar-refractivity contribution in [1.29, 1.82) is 0 Å². The van der Waals surface area contributed by atoms with Crippen molar-refractivity contribution in [3.05, 3.63) is 52.2 Å². The molecule has 0 atom stereocenters. The number of rotatable bonds is 1. The van der Waals surface area contributed by atoms with E-state index in [1.165, 1.54) is 6.92 Å². The molecule has 112 valence electrons. The maximum absolute atomic E-state index is 12.8. The van der Waals surface area contributed by atoms with Gasteiger partial charge < -0.3 is 4.98 Å². The van der Waals surface area contributed by atoms with Gasteiger partial charge in [0, 0.05) is 0 Å². The van der Waals surface area contributed by atoms with Crippen LogP contribution in [0.1, 0.15) is 11.5 Å². The van der Waals surface area contributed by atoms with Crippen molar-refractivity contribution < 1.29 is 13.2 Å². The van der Waals surface area contributed by atoms with E-state index in [4.69, 9.17) is 0 Å². The zero-order chi connectivity index (χ0) is 15.9. The number of aryl methyl sites for hydroxylation is 1. The van der Waals surface area contributed by atoms with Crippen molar-refractivity contribution >= 4 is 10.9 Å². The third-order valence-electron chi connectivity index (χ3n) is 2.98. The van der Waals surface area contributed by atoms with Gasteiger partial charge in [-0.2, -0.15) is 13.2 Å². The average Bonchev–Trinajstić information content (AvgIpc) is 2.45. The molecule has 2 heterocycles. The Labute approximate surface area is 121 Å². The molecule has 22 heavy (non-hydrogen) atoms. The zero-order valence-corrected chi connectivity index (χ0v) is 11.3. The van der Waals surface area contributed by atoms with E-state index < -0.39 is 17.4 Å². The second-order valence-corrected chi connectivity index (χ2v) is 4.62. The molecule has 0 aliphatic carbocycles. The number of fused-ring (bicyclic) bond motifs is 1. The van der Waals surface area contributed by atoms with Crippen molar-refractivity contribution in [1.82, 2.24) is 19.9 Å². The van der Waals surface area contributed by atoms with Gasteiger partial charge in [-0.3, -0.25) is 4.79 Å². The smallest absolute Gasteiger partial charge is 0.305 e. The Balaban J connectivity index is 2.24. The summed E-state index contributed by atoms with van der Waals surface area (Å²) in [7, 11) is 0. The summed E-state index contributed by atoms with van der Waals surface area (Å²) in [6, 6.07) is 7.31. The first-order valence-corrected chi connectivity index (χ1v) is 6.27. The number of hydrogen-bond donors (Lipinski definition) is 1. The van der Waals surface area contributed by atoms with Crippen LogP contribution >= 0.6 is 0 Å². The van der Waals surface area contributed by atoms with E-state index in [1.807, 2.05) is 0 Å². The zero-order valence-electron chi connectivity index (χ0n) is 11.3. The molecule has 0 saturated heterocycles. The number of alkyl halides is 3. The lowest BCUT2D eigenvalue weighted by molar-refractivity contribution is -0.141. The summed E-state index contributed by atoms with van der Waals surface area (Å²) in [5.74, 6) is -0.0830. The van der Waals surface area contributed by atoms with Crippen LogP contribution < -0.4 is 5.56 Å². The normalized spacial score (nSPS) is 11.8. The minimum atomic E-state index is -4.60. The lowest BCUT2D eigenvalue weighted by atomic mass is 10.2. The number of H-pyrrole nitrogens is 1. The van der Waals surface area contributed by atoms with E-state index in [1.54, 1.807) is 24.3 Å². The fraction of sp³-hybridized carbons (Fsp3) is 0.143. The molecular formula is C14H9F3N4O. The molecular weight excluding hydrogens is 297 g/mol. The summed E-state index contributed by atoms with van der Waals surface area (Å²) >= 11 is 0. The number of aromatic nitrogens is 4. The Morgan fingerprint density at radius 2 is 1.82 bits per heavy atom. The average molecular weight is 306 g/mol. The van der Waals surface area contributed by atoms with E-state index in [9.17, 15) is 18.0 Å². The van der Waals surface area contributed by atoms with E-state index in [2.05, 4.69) is 19.9 Å². The lowest BCUT2D eigenvalue weighted by Crippen LogP contribution is -2.13. The van der Waals surface area contributed by atoms with Crippen LogP contribution in [0, 0.1) is 6.92 Å². The first-order valence-electron chi connectivity index (χ1n) is 6.27. The molecule has 0 bridgehead atoms. The molecule has 0 fully saturated rings. The van der Waals surface area contributed by atoms with Crippen LogP contribution in [0.15, 0.2) is 35.1 Å². The fourth-order valence-corrected chi connectivity index (χ4v) is 2.04. The number of aromatic amines is 1. The van der Waals surface area contributed by atoms with Gasteiger partial charge in [-0.1, -0.05) is 12.1 Å². The van der Waals surface area contributed by atoms with Crippen LogP contribution in [0.3, 0.4) is 0 Å². The van der Waals surface area contributed by atoms with Crippen molar-refractivity contribution in [3.8, 4) is 11.5 Å². The van der Waals surface area contributed by atoms with Crippen LogP contribution in [-0.2, 0) is 6.18 Å². The van der Waals surface area contributed by atoms with Crippen molar-refractivity contribution in [3.63, 3.8) is 0 Å². The highest BCUT2D eigenvalue weighted by Gasteiger charge is 2.33. The van der Waals surface area contributed by atoms with Crippen molar-refractivity contribution in [2.24, 2.45) is 0 Å². The number of nitrogens with one attached hydrogen (secondary N) is 1. The Hall–Kier alpha value is -2.77. The van der Waals surface area contributed by atoms with Crippen LogP contribution in [0.2, 0.25) is 0 Å². The van der Waals surface area contributed by atoms with Gasteiger partial charge in [0.15, 0.2) is 5.82 Å². The van der Waals surface area contributed by atoms with E-state index in [0.717, 1.165) is 6.07 Å². The topological polar surface area (TPSA) is 71.5 Å². The molecule has 0 aliphatic heterocycles. The van der Waals surface area contributed by atoms with Crippen LogP contribution in [-0.4, -0.2) is 19.9 Å². The molecule has 0 aliphatic rings. The highest BCUT2D eigenvalue weighted by molar-refractivity contribution is 5.78. The quantitative estimate of drug-likeness (QED) is 0.750. The fourth-order valence-electron chi connectivity index (χ4n) is 2.04. The number of benzene rings is 1. The van der Waals surface area contributed by atoms with Gasteiger partial charge in [-0.05, 0) is 25.1 Å². The largest absolute Gasteiger partial charge is 0.433 e. The first kappa shape index (κ1) is 14.2. The minimum absolute atomic E-state index is 0.0281. The third-order valence-corrected chi connectivity index (χ3v) is 2.98. The monoisotopic (exact) mass is 306 g/mol. The predicted octanol–water partition coefficient (Wildman–Crippen LogP) is 2.71. The summed E-state index contributed by atoms with van der Waals surface area (Å²) in [6.07, 6.45) is -4.60. The predicted molar refractivity (Wildman–Crippen MR) is 73.1 cm³/mol. The van der Waals surface area contributed by atoms with Gasteiger partial charge in [0.25, 0.3) is 5.56 Å². The molecule has 3 rings (SSSR count). The van der Waals surface area contributed by atoms with Gasteiger partial charge in [-0.25, -0.2) is 15.0 Å². The van der Waals surface area contributed by atoms with E-state index in [0.29, 0.717) is 10.9 Å². The van der Waals surface area contributed by atoms with Crippen LogP contribution in [0.5, 0.6) is 0 Å². The number of nitrogens with zero attached hydrogens (tertiary/aromatic N) is 3. The van der Waals surface area contributed by atoms with Crippen molar-refractivity contribution in [2.45, 2.75) is 13.1 Å². The van der Waals surface area contributed by atoms with Gasteiger partial charge in [0.2, 0.25) is 0 Å². The molecule has 0 amide bonds. The molecule has 3 aromatic rings.